The zero-order valence-electron chi connectivity index (χ0n) is 15.1. The van der Waals surface area contributed by atoms with Gasteiger partial charge in [-0.3, -0.25) is 25.0 Å². The smallest absolute Gasteiger partial charge is 0.335 e. The van der Waals surface area contributed by atoms with Gasteiger partial charge in [-0.25, -0.2) is 9.69 Å². The standard InChI is InChI=1S/C19H16N4O5/c1-21(2)13-8-6-12(7-9-13)10-16-17(24)20-19(26)22(18(16)25)14-4-3-5-15(11-14)23(27)28/h3-11H,1-2H3,(H,20,24,26)/b16-10+. The van der Waals surface area contributed by atoms with Crippen LogP contribution in [0.1, 0.15) is 5.56 Å². The van der Waals surface area contributed by atoms with Crippen molar-refractivity contribution in [1.82, 2.24) is 5.32 Å². The maximum Gasteiger partial charge on any atom is 0.335 e. The highest BCUT2D eigenvalue weighted by Gasteiger charge is 2.37. The number of carbonyl (C=O) groups excluding carboxylic acids is 3. The molecule has 0 atom stereocenters. The van der Waals surface area contributed by atoms with Gasteiger partial charge in [0.25, 0.3) is 17.5 Å². The first-order chi connectivity index (χ1) is 13.3. The van der Waals surface area contributed by atoms with Crippen LogP contribution in [0.4, 0.5) is 21.9 Å². The van der Waals surface area contributed by atoms with Crippen LogP contribution in [0.2, 0.25) is 0 Å². The Kier molecular flexibility index (Phi) is 4.90. The summed E-state index contributed by atoms with van der Waals surface area (Å²) in [6.07, 6.45) is 1.37. The predicted molar refractivity (Wildman–Crippen MR) is 103 cm³/mol. The molecule has 0 aliphatic carbocycles. The molecule has 2 aromatic rings. The number of nitro benzene ring substituents is 1. The number of urea groups is 1. The molecule has 2 aromatic carbocycles. The Bertz CT molecular complexity index is 1010. The van der Waals surface area contributed by atoms with Gasteiger partial charge in [0.2, 0.25) is 0 Å². The number of carbonyl (C=O) groups is 3. The van der Waals surface area contributed by atoms with E-state index in [4.69, 9.17) is 0 Å². The van der Waals surface area contributed by atoms with Crippen LogP contribution in [0.3, 0.4) is 0 Å². The molecule has 0 saturated carbocycles. The number of rotatable bonds is 4. The van der Waals surface area contributed by atoms with Crippen LogP contribution < -0.4 is 15.1 Å². The van der Waals surface area contributed by atoms with Gasteiger partial charge in [-0.15, -0.1) is 0 Å². The second kappa shape index (κ2) is 7.31. The Morgan fingerprint density at radius 2 is 1.75 bits per heavy atom. The quantitative estimate of drug-likeness (QED) is 0.377. The van der Waals surface area contributed by atoms with Crippen LogP contribution in [-0.2, 0) is 9.59 Å². The number of barbiturate groups is 1. The van der Waals surface area contributed by atoms with Crippen LogP contribution in [0.5, 0.6) is 0 Å². The fourth-order valence-electron chi connectivity index (χ4n) is 2.67. The van der Waals surface area contributed by atoms with Crippen molar-refractivity contribution in [2.75, 3.05) is 23.9 Å². The summed E-state index contributed by atoms with van der Waals surface area (Å²) in [5.41, 5.74) is 1.01. The molecule has 0 spiro atoms. The minimum Gasteiger partial charge on any atom is -0.378 e. The Morgan fingerprint density at radius 1 is 1.07 bits per heavy atom. The van der Waals surface area contributed by atoms with E-state index in [1.165, 1.54) is 24.3 Å². The van der Waals surface area contributed by atoms with Crippen molar-refractivity contribution in [3.8, 4) is 0 Å². The monoisotopic (exact) mass is 380 g/mol. The molecule has 1 fully saturated rings. The van der Waals surface area contributed by atoms with Crippen molar-refractivity contribution in [2.45, 2.75) is 0 Å². The Balaban J connectivity index is 1.98. The van der Waals surface area contributed by atoms with Crippen molar-refractivity contribution in [3.05, 3.63) is 69.8 Å². The molecular weight excluding hydrogens is 364 g/mol. The van der Waals surface area contributed by atoms with Crippen LogP contribution >= 0.6 is 0 Å². The number of amides is 4. The van der Waals surface area contributed by atoms with E-state index in [0.717, 1.165) is 11.8 Å². The largest absolute Gasteiger partial charge is 0.378 e. The lowest BCUT2D eigenvalue weighted by Gasteiger charge is -2.26. The summed E-state index contributed by atoms with van der Waals surface area (Å²) in [4.78, 5) is 50.1. The molecule has 0 radical (unpaired) electrons. The molecule has 1 aliphatic heterocycles. The minimum atomic E-state index is -0.962. The van der Waals surface area contributed by atoms with E-state index in [2.05, 4.69) is 5.32 Å². The molecule has 9 heteroatoms. The number of imide groups is 2. The Labute approximate surface area is 160 Å². The van der Waals surface area contributed by atoms with Gasteiger partial charge in [-0.2, -0.15) is 0 Å². The highest BCUT2D eigenvalue weighted by atomic mass is 16.6. The normalized spacial score (nSPS) is 15.6. The number of hydrogen-bond acceptors (Lipinski definition) is 6. The van der Waals surface area contributed by atoms with Crippen molar-refractivity contribution in [2.24, 2.45) is 0 Å². The molecular formula is C19H16N4O5. The average molecular weight is 380 g/mol. The SMILES string of the molecule is CN(C)c1ccc(/C=C2\C(=O)NC(=O)N(c3cccc([N+](=O)[O-])c3)C2=O)cc1. The lowest BCUT2D eigenvalue weighted by Crippen LogP contribution is -2.54. The Hall–Kier alpha value is -4.01. The molecule has 1 N–H and O–H groups in total. The van der Waals surface area contributed by atoms with Gasteiger partial charge < -0.3 is 4.90 Å². The van der Waals surface area contributed by atoms with E-state index < -0.39 is 22.8 Å². The zero-order valence-corrected chi connectivity index (χ0v) is 15.1. The van der Waals surface area contributed by atoms with E-state index in [1.807, 2.05) is 31.1 Å². The molecule has 0 bridgehead atoms. The molecule has 0 aromatic heterocycles. The number of nitrogens with one attached hydrogen (secondary N) is 1. The molecule has 1 aliphatic rings. The van der Waals surface area contributed by atoms with Crippen molar-refractivity contribution in [3.63, 3.8) is 0 Å². The third-order valence-corrected chi connectivity index (χ3v) is 4.12. The number of non-ortho nitro benzene ring substituents is 1. The van der Waals surface area contributed by atoms with Crippen molar-refractivity contribution < 1.29 is 19.3 Å². The van der Waals surface area contributed by atoms with Gasteiger partial charge in [-0.1, -0.05) is 18.2 Å². The fourth-order valence-corrected chi connectivity index (χ4v) is 2.67. The summed E-state index contributed by atoms with van der Waals surface area (Å²) >= 11 is 0. The van der Waals surface area contributed by atoms with Crippen molar-refractivity contribution in [1.29, 1.82) is 0 Å². The molecule has 0 unspecified atom stereocenters. The predicted octanol–water partition coefficient (Wildman–Crippen LogP) is 2.33. The third kappa shape index (κ3) is 3.58. The third-order valence-electron chi connectivity index (χ3n) is 4.12. The highest BCUT2D eigenvalue weighted by molar-refractivity contribution is 6.39. The first-order valence-electron chi connectivity index (χ1n) is 8.21. The van der Waals surface area contributed by atoms with Gasteiger partial charge in [0.1, 0.15) is 5.57 Å². The van der Waals surface area contributed by atoms with Gasteiger partial charge in [0.15, 0.2) is 0 Å². The summed E-state index contributed by atoms with van der Waals surface area (Å²) in [6.45, 7) is 0. The second-order valence-corrected chi connectivity index (χ2v) is 6.22. The van der Waals surface area contributed by atoms with E-state index in [9.17, 15) is 24.5 Å². The molecule has 142 valence electrons. The summed E-state index contributed by atoms with van der Waals surface area (Å²) in [5, 5.41) is 13.1. The number of hydrogen-bond donors (Lipinski definition) is 1. The van der Waals surface area contributed by atoms with Gasteiger partial charge in [0, 0.05) is 31.9 Å². The van der Waals surface area contributed by atoms with Crippen LogP contribution in [0.25, 0.3) is 6.08 Å². The number of anilines is 2. The first-order valence-corrected chi connectivity index (χ1v) is 8.21. The lowest BCUT2D eigenvalue weighted by molar-refractivity contribution is -0.384. The Morgan fingerprint density at radius 3 is 2.36 bits per heavy atom. The molecule has 28 heavy (non-hydrogen) atoms. The summed E-state index contributed by atoms with van der Waals surface area (Å²) in [6, 6.07) is 11.2. The minimum absolute atomic E-state index is 0.00180. The summed E-state index contributed by atoms with van der Waals surface area (Å²) in [7, 11) is 3.77. The van der Waals surface area contributed by atoms with E-state index in [0.29, 0.717) is 10.5 Å². The lowest BCUT2D eigenvalue weighted by atomic mass is 10.1. The average Bonchev–Trinajstić information content (AvgIpc) is 2.65. The molecule has 1 saturated heterocycles. The fraction of sp³-hybridized carbons (Fsp3) is 0.105. The summed E-state index contributed by atoms with van der Waals surface area (Å²) in [5.74, 6) is -1.68. The molecule has 3 rings (SSSR count). The van der Waals surface area contributed by atoms with Gasteiger partial charge in [-0.05, 0) is 29.8 Å². The van der Waals surface area contributed by atoms with Gasteiger partial charge in [0.05, 0.1) is 10.6 Å². The summed E-state index contributed by atoms with van der Waals surface area (Å²) < 4.78 is 0. The second-order valence-electron chi connectivity index (χ2n) is 6.22. The number of nitro groups is 1. The maximum atomic E-state index is 12.8. The number of benzene rings is 2. The van der Waals surface area contributed by atoms with E-state index in [1.54, 1.807) is 12.1 Å². The topological polar surface area (TPSA) is 113 Å². The number of nitrogens with zero attached hydrogens (tertiary/aromatic N) is 3. The maximum absolute atomic E-state index is 12.8. The molecule has 1 heterocycles. The highest BCUT2D eigenvalue weighted by Crippen LogP contribution is 2.25. The van der Waals surface area contributed by atoms with Crippen LogP contribution in [0.15, 0.2) is 54.1 Å². The van der Waals surface area contributed by atoms with E-state index >= 15 is 0 Å². The van der Waals surface area contributed by atoms with Crippen LogP contribution in [0, 0.1) is 10.1 Å². The first kappa shape index (κ1) is 18.8. The molecule has 9 nitrogen and oxygen atoms in total. The van der Waals surface area contributed by atoms with E-state index in [-0.39, 0.29) is 16.9 Å². The molecule has 4 amide bonds. The van der Waals surface area contributed by atoms with Gasteiger partial charge >= 0.3 is 6.03 Å². The van der Waals surface area contributed by atoms with Crippen LogP contribution in [-0.4, -0.2) is 36.9 Å². The zero-order chi connectivity index (χ0) is 20.4. The van der Waals surface area contributed by atoms with Crippen molar-refractivity contribution >= 4 is 41.0 Å².